The van der Waals surface area contributed by atoms with Gasteiger partial charge in [-0.25, -0.2) is 0 Å². The Morgan fingerprint density at radius 1 is 0.792 bits per heavy atom. The second-order valence-corrected chi connectivity index (χ2v) is 6.70. The summed E-state index contributed by atoms with van der Waals surface area (Å²) in [7, 11) is 0. The van der Waals surface area contributed by atoms with E-state index in [-0.39, 0.29) is 0 Å². The van der Waals surface area contributed by atoms with Gasteiger partial charge < -0.3 is 0 Å². The summed E-state index contributed by atoms with van der Waals surface area (Å²) in [6.07, 6.45) is 5.72. The van der Waals surface area contributed by atoms with Crippen molar-refractivity contribution in [2.24, 2.45) is 0 Å². The highest BCUT2D eigenvalue weighted by molar-refractivity contribution is 9.10. The molecule has 0 spiro atoms. The topological polar surface area (TPSA) is 25.8 Å². The molecule has 2 nitrogen and oxygen atoms in total. The van der Waals surface area contributed by atoms with Crippen LogP contribution in [0.2, 0.25) is 0 Å². The minimum Gasteiger partial charge on any atom is -0.264 e. The molecule has 0 atom stereocenters. The van der Waals surface area contributed by atoms with Gasteiger partial charge in [0.05, 0.1) is 0 Å². The molecule has 2 aromatic carbocycles. The summed E-state index contributed by atoms with van der Waals surface area (Å²) in [5.74, 6) is 0. The normalized spacial score (nSPS) is 10.9. The predicted octanol–water partition coefficient (Wildman–Crippen LogP) is 6.03. The van der Waals surface area contributed by atoms with Gasteiger partial charge in [0.1, 0.15) is 0 Å². The van der Waals surface area contributed by atoms with Crippen molar-refractivity contribution in [1.29, 1.82) is 0 Å². The lowest BCUT2D eigenvalue weighted by Crippen LogP contribution is -1.88. The molecule has 0 fully saturated rings. The van der Waals surface area contributed by atoms with Crippen LogP contribution in [0.25, 0.3) is 33.0 Å². The number of aromatic nitrogens is 2. The van der Waals surface area contributed by atoms with Crippen molar-refractivity contribution in [3.05, 3.63) is 83.4 Å². The van der Waals surface area contributed by atoms with Crippen molar-refractivity contribution >= 4 is 26.7 Å². The lowest BCUT2D eigenvalue weighted by molar-refractivity contribution is 1.20. The first-order valence-electron chi connectivity index (χ1n) is 7.78. The average Bonchev–Trinajstić information content (AvgIpc) is 2.62. The molecule has 2 heterocycles. The summed E-state index contributed by atoms with van der Waals surface area (Å²) >= 11 is 3.56. The minimum absolute atomic E-state index is 1.02. The van der Waals surface area contributed by atoms with Crippen LogP contribution in [0.15, 0.2) is 77.7 Å². The molecule has 2 aromatic heterocycles. The van der Waals surface area contributed by atoms with Gasteiger partial charge in [-0.2, -0.15) is 0 Å². The molecule has 0 amide bonds. The summed E-state index contributed by atoms with van der Waals surface area (Å²) in [5.41, 5.74) is 5.69. The molecule has 0 aliphatic rings. The molecule has 116 valence electrons. The molecule has 0 bridgehead atoms. The summed E-state index contributed by atoms with van der Waals surface area (Å²) < 4.78 is 1.07. The molecule has 0 aliphatic heterocycles. The number of hydrogen-bond donors (Lipinski definition) is 0. The Balaban J connectivity index is 1.97. The second-order valence-electron chi connectivity index (χ2n) is 5.78. The largest absolute Gasteiger partial charge is 0.264 e. The predicted molar refractivity (Wildman–Crippen MR) is 103 cm³/mol. The van der Waals surface area contributed by atoms with Gasteiger partial charge in [-0.05, 0) is 53.3 Å². The molecular formula is C21H15BrN2. The zero-order valence-corrected chi connectivity index (χ0v) is 14.8. The van der Waals surface area contributed by atoms with E-state index in [1.54, 1.807) is 0 Å². The summed E-state index contributed by atoms with van der Waals surface area (Å²) in [4.78, 5) is 8.78. The van der Waals surface area contributed by atoms with Gasteiger partial charge in [-0.1, -0.05) is 46.3 Å². The lowest BCUT2D eigenvalue weighted by atomic mass is 9.94. The van der Waals surface area contributed by atoms with Crippen LogP contribution in [0.5, 0.6) is 0 Å². The number of rotatable bonds is 2. The Morgan fingerprint density at radius 2 is 1.62 bits per heavy atom. The van der Waals surface area contributed by atoms with Crippen LogP contribution < -0.4 is 0 Å². The first-order chi connectivity index (χ1) is 11.7. The fourth-order valence-electron chi connectivity index (χ4n) is 2.98. The highest BCUT2D eigenvalue weighted by Gasteiger charge is 2.10. The summed E-state index contributed by atoms with van der Waals surface area (Å²) in [6.45, 7) is 2.00. The van der Waals surface area contributed by atoms with Gasteiger partial charge >= 0.3 is 0 Å². The highest BCUT2D eigenvalue weighted by Crippen LogP contribution is 2.35. The van der Waals surface area contributed by atoms with E-state index in [4.69, 9.17) is 0 Å². The number of halogens is 1. The standard InChI is InChI=1S/C21H15BrN2/c1-14-5-6-16(12-24-14)19-8-7-18(15-3-2-4-17(22)11-15)21-13-23-10-9-20(19)21/h2-13H,1H3. The fourth-order valence-corrected chi connectivity index (χ4v) is 3.38. The van der Waals surface area contributed by atoms with Crippen molar-refractivity contribution in [2.75, 3.05) is 0 Å². The van der Waals surface area contributed by atoms with Crippen molar-refractivity contribution < 1.29 is 0 Å². The van der Waals surface area contributed by atoms with Crippen LogP contribution >= 0.6 is 15.9 Å². The molecule has 0 aliphatic carbocycles. The lowest BCUT2D eigenvalue weighted by Gasteiger charge is -2.12. The van der Waals surface area contributed by atoms with Gasteiger partial charge in [-0.3, -0.25) is 9.97 Å². The van der Waals surface area contributed by atoms with Crippen molar-refractivity contribution in [3.8, 4) is 22.3 Å². The van der Waals surface area contributed by atoms with E-state index in [2.05, 4.69) is 68.4 Å². The summed E-state index contributed by atoms with van der Waals surface area (Å²) in [6, 6.07) is 18.9. The Kier molecular flexibility index (Phi) is 3.87. The van der Waals surface area contributed by atoms with Crippen LogP contribution in [0.1, 0.15) is 5.69 Å². The molecular weight excluding hydrogens is 360 g/mol. The van der Waals surface area contributed by atoms with Crippen LogP contribution in [0, 0.1) is 6.92 Å². The van der Waals surface area contributed by atoms with Crippen LogP contribution in [0.3, 0.4) is 0 Å². The fraction of sp³-hybridized carbons (Fsp3) is 0.0476. The minimum atomic E-state index is 1.02. The molecule has 0 saturated heterocycles. The van der Waals surface area contributed by atoms with Crippen LogP contribution in [0.4, 0.5) is 0 Å². The van der Waals surface area contributed by atoms with E-state index in [9.17, 15) is 0 Å². The Labute approximate surface area is 149 Å². The van der Waals surface area contributed by atoms with E-state index in [0.29, 0.717) is 0 Å². The second kappa shape index (κ2) is 6.17. The molecule has 4 rings (SSSR count). The molecule has 4 aromatic rings. The highest BCUT2D eigenvalue weighted by atomic mass is 79.9. The third-order valence-corrected chi connectivity index (χ3v) is 4.67. The Hall–Kier alpha value is -2.52. The zero-order valence-electron chi connectivity index (χ0n) is 13.2. The monoisotopic (exact) mass is 374 g/mol. The van der Waals surface area contributed by atoms with Crippen LogP contribution in [-0.2, 0) is 0 Å². The van der Waals surface area contributed by atoms with Gasteiger partial charge in [0.2, 0.25) is 0 Å². The van der Waals surface area contributed by atoms with Crippen molar-refractivity contribution in [1.82, 2.24) is 9.97 Å². The van der Waals surface area contributed by atoms with E-state index in [1.165, 1.54) is 22.1 Å². The van der Waals surface area contributed by atoms with E-state index in [0.717, 1.165) is 21.1 Å². The number of benzene rings is 2. The van der Waals surface area contributed by atoms with Gasteiger partial charge in [0, 0.05) is 39.7 Å². The van der Waals surface area contributed by atoms with Crippen molar-refractivity contribution in [3.63, 3.8) is 0 Å². The first-order valence-corrected chi connectivity index (χ1v) is 8.57. The van der Waals surface area contributed by atoms with Gasteiger partial charge in [0.15, 0.2) is 0 Å². The number of pyridine rings is 2. The SMILES string of the molecule is Cc1ccc(-c2ccc(-c3cccc(Br)c3)c3cnccc23)cn1. The zero-order chi connectivity index (χ0) is 16.5. The first kappa shape index (κ1) is 15.0. The Morgan fingerprint density at radius 3 is 2.38 bits per heavy atom. The maximum atomic E-state index is 4.43. The molecule has 0 saturated carbocycles. The van der Waals surface area contributed by atoms with Crippen LogP contribution in [-0.4, -0.2) is 9.97 Å². The van der Waals surface area contributed by atoms with Gasteiger partial charge in [0.25, 0.3) is 0 Å². The maximum absolute atomic E-state index is 4.43. The van der Waals surface area contributed by atoms with E-state index < -0.39 is 0 Å². The average molecular weight is 375 g/mol. The number of aryl methyl sites for hydroxylation is 1. The quantitative estimate of drug-likeness (QED) is 0.427. The van der Waals surface area contributed by atoms with Crippen molar-refractivity contribution in [2.45, 2.75) is 6.92 Å². The molecule has 0 N–H and O–H groups in total. The maximum Gasteiger partial charge on any atom is 0.0373 e. The molecule has 24 heavy (non-hydrogen) atoms. The van der Waals surface area contributed by atoms with Gasteiger partial charge in [-0.15, -0.1) is 0 Å². The third kappa shape index (κ3) is 2.72. The number of hydrogen-bond acceptors (Lipinski definition) is 2. The molecule has 0 radical (unpaired) electrons. The number of nitrogens with zero attached hydrogens (tertiary/aromatic N) is 2. The summed E-state index contributed by atoms with van der Waals surface area (Å²) in [5, 5.41) is 2.34. The third-order valence-electron chi connectivity index (χ3n) is 4.18. The van der Waals surface area contributed by atoms with E-state index >= 15 is 0 Å². The Bertz CT molecular complexity index is 1020. The molecule has 3 heteroatoms. The molecule has 0 unspecified atom stereocenters. The smallest absolute Gasteiger partial charge is 0.0373 e. The number of fused-ring (bicyclic) bond motifs is 1. The van der Waals surface area contributed by atoms with E-state index in [1.807, 2.05) is 37.6 Å².